The predicted molar refractivity (Wildman–Crippen MR) is 184 cm³/mol. The molecule has 10 heteroatoms. The quantitative estimate of drug-likeness (QED) is 0.162. The summed E-state index contributed by atoms with van der Waals surface area (Å²) >= 11 is 9.75. The number of anilines is 1. The monoisotopic (exact) mass is 709 g/mol. The smallest absolute Gasteiger partial charge is 0.264 e. The Labute approximate surface area is 279 Å². The van der Waals surface area contributed by atoms with Crippen molar-refractivity contribution in [2.75, 3.05) is 17.4 Å². The van der Waals surface area contributed by atoms with Crippen molar-refractivity contribution in [1.29, 1.82) is 0 Å². The highest BCUT2D eigenvalue weighted by Gasteiger charge is 2.34. The summed E-state index contributed by atoms with van der Waals surface area (Å²) in [7, 11) is -4.20. The molecule has 45 heavy (non-hydrogen) atoms. The lowest BCUT2D eigenvalue weighted by molar-refractivity contribution is -0.140. The number of rotatable bonds is 13. The van der Waals surface area contributed by atoms with E-state index in [9.17, 15) is 18.0 Å². The molecular formula is C35H37BrClN3O4S. The van der Waals surface area contributed by atoms with E-state index in [1.807, 2.05) is 75.4 Å². The van der Waals surface area contributed by atoms with Crippen molar-refractivity contribution in [2.24, 2.45) is 5.92 Å². The first-order valence-electron chi connectivity index (χ1n) is 14.6. The van der Waals surface area contributed by atoms with Gasteiger partial charge in [-0.3, -0.25) is 13.9 Å². The summed E-state index contributed by atoms with van der Waals surface area (Å²) in [6.07, 6.45) is 0.245. The van der Waals surface area contributed by atoms with E-state index in [1.54, 1.807) is 30.3 Å². The van der Waals surface area contributed by atoms with Crippen molar-refractivity contribution in [2.45, 2.75) is 44.7 Å². The van der Waals surface area contributed by atoms with Crippen LogP contribution in [0.15, 0.2) is 112 Å². The van der Waals surface area contributed by atoms with E-state index in [0.29, 0.717) is 11.6 Å². The van der Waals surface area contributed by atoms with Gasteiger partial charge in [0, 0.05) is 29.0 Å². The summed E-state index contributed by atoms with van der Waals surface area (Å²) in [5.74, 6) is -0.650. The largest absolute Gasteiger partial charge is 0.354 e. The first-order valence-corrected chi connectivity index (χ1v) is 17.3. The Hall–Kier alpha value is -3.66. The molecule has 0 radical (unpaired) electrons. The van der Waals surface area contributed by atoms with Crippen molar-refractivity contribution in [3.05, 3.63) is 129 Å². The van der Waals surface area contributed by atoms with E-state index in [0.717, 1.165) is 25.5 Å². The molecule has 0 heterocycles. The van der Waals surface area contributed by atoms with Gasteiger partial charge in [-0.05, 0) is 66.4 Å². The van der Waals surface area contributed by atoms with Crippen LogP contribution in [0.3, 0.4) is 0 Å². The second kappa shape index (κ2) is 15.6. The lowest BCUT2D eigenvalue weighted by Gasteiger charge is -2.34. The third-order valence-corrected chi connectivity index (χ3v) is 9.76. The molecule has 0 saturated heterocycles. The Bertz CT molecular complexity index is 1700. The number of nitrogens with zero attached hydrogens (tertiary/aromatic N) is 2. The fourth-order valence-electron chi connectivity index (χ4n) is 4.76. The van der Waals surface area contributed by atoms with Crippen LogP contribution in [0.25, 0.3) is 0 Å². The van der Waals surface area contributed by atoms with Crippen LogP contribution in [0.4, 0.5) is 5.69 Å². The van der Waals surface area contributed by atoms with E-state index in [4.69, 9.17) is 11.6 Å². The van der Waals surface area contributed by atoms with Gasteiger partial charge in [-0.15, -0.1) is 0 Å². The predicted octanol–water partition coefficient (Wildman–Crippen LogP) is 7.02. The molecule has 236 valence electrons. The first kappa shape index (κ1) is 34.2. The van der Waals surface area contributed by atoms with Gasteiger partial charge in [0.25, 0.3) is 10.0 Å². The molecule has 0 bridgehead atoms. The molecule has 0 unspecified atom stereocenters. The molecule has 7 nitrogen and oxygen atoms in total. The Morgan fingerprint density at radius 3 is 2.16 bits per heavy atom. The second-order valence-corrected chi connectivity index (χ2v) is 14.5. The van der Waals surface area contributed by atoms with Gasteiger partial charge in [-0.2, -0.15) is 0 Å². The van der Waals surface area contributed by atoms with E-state index in [-0.39, 0.29) is 35.4 Å². The zero-order valence-corrected chi connectivity index (χ0v) is 28.6. The molecule has 0 saturated carbocycles. The number of nitrogens with one attached hydrogen (secondary N) is 1. The van der Waals surface area contributed by atoms with Gasteiger partial charge >= 0.3 is 0 Å². The van der Waals surface area contributed by atoms with Gasteiger partial charge < -0.3 is 10.2 Å². The number of sulfonamides is 1. The van der Waals surface area contributed by atoms with Crippen LogP contribution in [0.2, 0.25) is 5.02 Å². The minimum atomic E-state index is -4.20. The first-order chi connectivity index (χ1) is 21.4. The normalized spacial score (nSPS) is 12.0. The average molecular weight is 711 g/mol. The molecule has 4 rings (SSSR count). The van der Waals surface area contributed by atoms with Gasteiger partial charge in [-0.1, -0.05) is 108 Å². The summed E-state index contributed by atoms with van der Waals surface area (Å²) in [4.78, 5) is 29.8. The maximum absolute atomic E-state index is 14.5. The van der Waals surface area contributed by atoms with Crippen LogP contribution in [0.5, 0.6) is 0 Å². The second-order valence-electron chi connectivity index (χ2n) is 11.3. The molecule has 1 N–H and O–H groups in total. The summed E-state index contributed by atoms with van der Waals surface area (Å²) in [5, 5.41) is 3.32. The highest BCUT2D eigenvalue weighted by Crippen LogP contribution is 2.27. The fraction of sp³-hybridized carbons (Fsp3) is 0.257. The van der Waals surface area contributed by atoms with Crippen LogP contribution in [-0.4, -0.2) is 44.3 Å². The molecule has 0 aliphatic carbocycles. The summed E-state index contributed by atoms with van der Waals surface area (Å²) < 4.78 is 30.2. The zero-order chi connectivity index (χ0) is 32.6. The van der Waals surface area contributed by atoms with Gasteiger partial charge in [0.15, 0.2) is 0 Å². The number of halogens is 2. The highest BCUT2D eigenvalue weighted by atomic mass is 79.9. The standard InChI is InChI=1S/C35H37BrClN3O4S/c1-25(2)22-38-35(42)33(20-27-8-5-4-6-9-27)39(23-28-14-16-29(36)17-15-28)34(41)24-40(31-11-7-10-30(37)21-31)45(43,44)32-18-12-26(3)13-19-32/h4-19,21,25,33H,20,22-24H2,1-3H3,(H,38,42)/t33-/m0/s1. The van der Waals surface area contributed by atoms with Crippen LogP contribution in [0.1, 0.15) is 30.5 Å². The molecule has 0 spiro atoms. The van der Waals surface area contributed by atoms with E-state index in [1.165, 1.54) is 23.1 Å². The molecule has 0 aliphatic rings. The van der Waals surface area contributed by atoms with Crippen LogP contribution >= 0.6 is 27.5 Å². The Balaban J connectivity index is 1.79. The number of aryl methyl sites for hydroxylation is 1. The number of benzene rings is 4. The molecular weight excluding hydrogens is 674 g/mol. The van der Waals surface area contributed by atoms with Crippen LogP contribution in [0, 0.1) is 12.8 Å². The maximum atomic E-state index is 14.5. The Morgan fingerprint density at radius 1 is 0.867 bits per heavy atom. The number of carbonyl (C=O) groups excluding carboxylic acids is 2. The number of amides is 2. The molecule has 2 amide bonds. The number of hydrogen-bond acceptors (Lipinski definition) is 4. The SMILES string of the molecule is Cc1ccc(S(=O)(=O)N(CC(=O)N(Cc2ccc(Br)cc2)[C@@H](Cc2ccccc2)C(=O)NCC(C)C)c2cccc(Cl)c2)cc1. The van der Waals surface area contributed by atoms with Crippen LogP contribution < -0.4 is 9.62 Å². The molecule has 4 aromatic rings. The average Bonchev–Trinajstić information content (AvgIpc) is 3.01. The lowest BCUT2D eigenvalue weighted by atomic mass is 10.0. The van der Waals surface area contributed by atoms with E-state index >= 15 is 0 Å². The molecule has 0 aromatic heterocycles. The summed E-state index contributed by atoms with van der Waals surface area (Å²) in [6.45, 7) is 5.83. The van der Waals surface area contributed by atoms with Crippen LogP contribution in [-0.2, 0) is 32.6 Å². The highest BCUT2D eigenvalue weighted by molar-refractivity contribution is 9.10. The third-order valence-electron chi connectivity index (χ3n) is 7.21. The van der Waals surface area contributed by atoms with Gasteiger partial charge in [0.1, 0.15) is 12.6 Å². The van der Waals surface area contributed by atoms with E-state index < -0.39 is 28.5 Å². The van der Waals surface area contributed by atoms with Crippen molar-refractivity contribution >= 4 is 55.1 Å². The van der Waals surface area contributed by atoms with Gasteiger partial charge in [0.2, 0.25) is 11.8 Å². The Morgan fingerprint density at radius 2 is 1.53 bits per heavy atom. The number of hydrogen-bond donors (Lipinski definition) is 1. The van der Waals surface area contributed by atoms with Gasteiger partial charge in [-0.25, -0.2) is 8.42 Å². The van der Waals surface area contributed by atoms with Crippen molar-refractivity contribution in [1.82, 2.24) is 10.2 Å². The van der Waals surface area contributed by atoms with Crippen molar-refractivity contribution in [3.8, 4) is 0 Å². The summed E-state index contributed by atoms with van der Waals surface area (Å²) in [6, 6.07) is 28.9. The Kier molecular flexibility index (Phi) is 11.8. The van der Waals surface area contributed by atoms with Crippen molar-refractivity contribution < 1.29 is 18.0 Å². The molecule has 0 fully saturated rings. The number of carbonyl (C=O) groups is 2. The minimum absolute atomic E-state index is 0.0378. The molecule has 1 atom stereocenters. The van der Waals surface area contributed by atoms with E-state index in [2.05, 4.69) is 21.2 Å². The molecule has 4 aromatic carbocycles. The third kappa shape index (κ3) is 9.42. The topological polar surface area (TPSA) is 86.8 Å². The molecule has 0 aliphatic heterocycles. The van der Waals surface area contributed by atoms with Crippen molar-refractivity contribution in [3.63, 3.8) is 0 Å². The minimum Gasteiger partial charge on any atom is -0.354 e. The maximum Gasteiger partial charge on any atom is 0.264 e. The summed E-state index contributed by atoms with van der Waals surface area (Å²) in [5.41, 5.74) is 2.80. The zero-order valence-electron chi connectivity index (χ0n) is 25.5. The lowest BCUT2D eigenvalue weighted by Crippen LogP contribution is -2.53. The fourth-order valence-corrected chi connectivity index (χ4v) is 6.62. The van der Waals surface area contributed by atoms with Gasteiger partial charge in [0.05, 0.1) is 10.6 Å².